The zero-order chi connectivity index (χ0) is 13.8. The van der Waals surface area contributed by atoms with E-state index in [0.29, 0.717) is 5.56 Å². The Kier molecular flexibility index (Phi) is 3.92. The van der Waals surface area contributed by atoms with Gasteiger partial charge in [-0.25, -0.2) is 0 Å². The number of aryl methyl sites for hydroxylation is 1. The van der Waals surface area contributed by atoms with Crippen molar-refractivity contribution < 1.29 is 10.0 Å². The van der Waals surface area contributed by atoms with Crippen molar-refractivity contribution in [1.82, 2.24) is 0 Å². The third-order valence-electron chi connectivity index (χ3n) is 3.15. The number of nitrogens with zero attached hydrogens (tertiary/aromatic N) is 1. The van der Waals surface area contributed by atoms with Gasteiger partial charge < -0.3 is 5.11 Å². The largest absolute Gasteiger partial charge is 0.388 e. The van der Waals surface area contributed by atoms with Gasteiger partial charge in [-0.1, -0.05) is 42.5 Å². The number of hydrogen-bond donors (Lipinski definition) is 1. The maximum Gasteiger partial charge on any atom is 0.272 e. The molecule has 4 heteroatoms. The van der Waals surface area contributed by atoms with Crippen LogP contribution in [0.2, 0.25) is 0 Å². The van der Waals surface area contributed by atoms with Crippen molar-refractivity contribution in [2.24, 2.45) is 0 Å². The molecule has 0 amide bonds. The molecule has 0 saturated carbocycles. The van der Waals surface area contributed by atoms with Gasteiger partial charge in [-0.3, -0.25) is 10.1 Å². The van der Waals surface area contributed by atoms with Crippen molar-refractivity contribution in [3.8, 4) is 0 Å². The first-order valence-corrected chi connectivity index (χ1v) is 6.05. The predicted molar refractivity (Wildman–Crippen MR) is 72.9 cm³/mol. The molecule has 0 aliphatic carbocycles. The first-order valence-electron chi connectivity index (χ1n) is 6.05. The summed E-state index contributed by atoms with van der Waals surface area (Å²) in [6.07, 6.45) is -0.496. The Balaban J connectivity index is 2.27. The Morgan fingerprint density at radius 3 is 2.47 bits per heavy atom. The standard InChI is InChI=1S/C15H15NO3/c1-11-6-2-4-8-13(11)15(17)10-12-7-3-5-9-14(12)16(18)19/h2-9,15,17H,10H2,1H3. The molecule has 19 heavy (non-hydrogen) atoms. The maximum absolute atomic E-state index is 10.9. The molecule has 0 fully saturated rings. The molecule has 2 aromatic rings. The number of para-hydroxylation sites is 1. The molecule has 0 saturated heterocycles. The minimum absolute atomic E-state index is 0.0511. The van der Waals surface area contributed by atoms with Gasteiger partial charge in [-0.15, -0.1) is 0 Å². The number of aliphatic hydroxyl groups is 1. The third kappa shape index (κ3) is 2.98. The highest BCUT2D eigenvalue weighted by molar-refractivity contribution is 5.41. The lowest BCUT2D eigenvalue weighted by Crippen LogP contribution is -2.05. The molecule has 0 spiro atoms. The molecule has 1 unspecified atom stereocenters. The van der Waals surface area contributed by atoms with Crippen LogP contribution >= 0.6 is 0 Å². The van der Waals surface area contributed by atoms with Crippen LogP contribution in [0.15, 0.2) is 48.5 Å². The first kappa shape index (κ1) is 13.2. The first-order chi connectivity index (χ1) is 9.09. The van der Waals surface area contributed by atoms with E-state index >= 15 is 0 Å². The van der Waals surface area contributed by atoms with E-state index in [1.165, 1.54) is 6.07 Å². The maximum atomic E-state index is 10.9. The van der Waals surface area contributed by atoms with E-state index in [2.05, 4.69) is 0 Å². The lowest BCUT2D eigenvalue weighted by molar-refractivity contribution is -0.385. The van der Waals surface area contributed by atoms with Crippen LogP contribution in [-0.4, -0.2) is 10.0 Å². The minimum atomic E-state index is -0.734. The van der Waals surface area contributed by atoms with E-state index in [4.69, 9.17) is 0 Å². The molecule has 98 valence electrons. The average molecular weight is 257 g/mol. The van der Waals surface area contributed by atoms with Crippen LogP contribution in [0.25, 0.3) is 0 Å². The van der Waals surface area contributed by atoms with Crippen molar-refractivity contribution in [1.29, 1.82) is 0 Å². The number of rotatable bonds is 4. The summed E-state index contributed by atoms with van der Waals surface area (Å²) in [5.41, 5.74) is 2.38. The van der Waals surface area contributed by atoms with E-state index < -0.39 is 11.0 Å². The fourth-order valence-electron chi connectivity index (χ4n) is 2.14. The van der Waals surface area contributed by atoms with Crippen LogP contribution in [0.3, 0.4) is 0 Å². The van der Waals surface area contributed by atoms with Gasteiger partial charge in [0.25, 0.3) is 5.69 Å². The van der Waals surface area contributed by atoms with Crippen molar-refractivity contribution in [3.05, 3.63) is 75.3 Å². The van der Waals surface area contributed by atoms with Gasteiger partial charge in [0.05, 0.1) is 11.0 Å². The van der Waals surface area contributed by atoms with Gasteiger partial charge in [0, 0.05) is 18.1 Å². The Morgan fingerprint density at radius 1 is 1.16 bits per heavy atom. The summed E-state index contributed by atoms with van der Waals surface area (Å²) in [7, 11) is 0. The molecular weight excluding hydrogens is 242 g/mol. The summed E-state index contributed by atoms with van der Waals surface area (Å²) < 4.78 is 0. The molecule has 0 heterocycles. The van der Waals surface area contributed by atoms with Crippen molar-refractivity contribution >= 4 is 5.69 Å². The second-order valence-corrected chi connectivity index (χ2v) is 4.46. The average Bonchev–Trinajstić information content (AvgIpc) is 2.39. The molecule has 0 radical (unpaired) electrons. The second-order valence-electron chi connectivity index (χ2n) is 4.46. The molecule has 0 aliphatic rings. The Bertz CT molecular complexity index is 595. The summed E-state index contributed by atoms with van der Waals surface area (Å²) in [6, 6.07) is 14.0. The van der Waals surface area contributed by atoms with Crippen LogP contribution in [0.5, 0.6) is 0 Å². The van der Waals surface area contributed by atoms with Gasteiger partial charge in [0.1, 0.15) is 0 Å². The fraction of sp³-hybridized carbons (Fsp3) is 0.200. The zero-order valence-corrected chi connectivity index (χ0v) is 10.6. The lowest BCUT2D eigenvalue weighted by Gasteiger charge is -2.13. The van der Waals surface area contributed by atoms with Crippen LogP contribution in [-0.2, 0) is 6.42 Å². The Morgan fingerprint density at radius 2 is 1.79 bits per heavy atom. The van der Waals surface area contributed by atoms with Crippen LogP contribution in [0.4, 0.5) is 5.69 Å². The normalized spacial score (nSPS) is 12.1. The monoisotopic (exact) mass is 257 g/mol. The summed E-state index contributed by atoms with van der Waals surface area (Å²) >= 11 is 0. The summed E-state index contributed by atoms with van der Waals surface area (Å²) in [6.45, 7) is 1.91. The molecule has 1 atom stereocenters. The van der Waals surface area contributed by atoms with Gasteiger partial charge >= 0.3 is 0 Å². The summed E-state index contributed by atoms with van der Waals surface area (Å²) in [5.74, 6) is 0. The van der Waals surface area contributed by atoms with E-state index in [0.717, 1.165) is 11.1 Å². The van der Waals surface area contributed by atoms with Gasteiger partial charge in [-0.05, 0) is 18.1 Å². The Hall–Kier alpha value is -2.20. The van der Waals surface area contributed by atoms with Crippen LogP contribution in [0.1, 0.15) is 22.8 Å². The lowest BCUT2D eigenvalue weighted by atomic mass is 9.97. The number of nitro benzene ring substituents is 1. The third-order valence-corrected chi connectivity index (χ3v) is 3.15. The van der Waals surface area contributed by atoms with E-state index in [1.807, 2.05) is 31.2 Å². The molecule has 0 aromatic heterocycles. The molecule has 2 aromatic carbocycles. The Labute approximate surface area is 111 Å². The number of hydrogen-bond acceptors (Lipinski definition) is 3. The van der Waals surface area contributed by atoms with Crippen molar-refractivity contribution in [2.75, 3.05) is 0 Å². The molecule has 1 N–H and O–H groups in total. The highest BCUT2D eigenvalue weighted by Crippen LogP contribution is 2.26. The molecular formula is C15H15NO3. The number of aliphatic hydroxyl groups excluding tert-OH is 1. The van der Waals surface area contributed by atoms with Crippen LogP contribution in [0, 0.1) is 17.0 Å². The summed E-state index contributed by atoms with van der Waals surface area (Å²) in [4.78, 5) is 10.5. The summed E-state index contributed by atoms with van der Waals surface area (Å²) in [5, 5.41) is 21.2. The second kappa shape index (κ2) is 5.63. The molecule has 2 rings (SSSR count). The van der Waals surface area contributed by atoms with Crippen molar-refractivity contribution in [2.45, 2.75) is 19.4 Å². The van der Waals surface area contributed by atoms with Crippen LogP contribution < -0.4 is 0 Å². The topological polar surface area (TPSA) is 63.4 Å². The van der Waals surface area contributed by atoms with E-state index in [1.54, 1.807) is 18.2 Å². The van der Waals surface area contributed by atoms with Gasteiger partial charge in [0.15, 0.2) is 0 Å². The van der Waals surface area contributed by atoms with E-state index in [-0.39, 0.29) is 12.1 Å². The minimum Gasteiger partial charge on any atom is -0.388 e. The highest BCUT2D eigenvalue weighted by atomic mass is 16.6. The fourth-order valence-corrected chi connectivity index (χ4v) is 2.14. The number of nitro groups is 1. The quantitative estimate of drug-likeness (QED) is 0.675. The smallest absolute Gasteiger partial charge is 0.272 e. The molecule has 0 aliphatic heterocycles. The SMILES string of the molecule is Cc1ccccc1C(O)Cc1ccccc1[N+](=O)[O-]. The zero-order valence-electron chi connectivity index (χ0n) is 10.6. The molecule has 4 nitrogen and oxygen atoms in total. The van der Waals surface area contributed by atoms with Gasteiger partial charge in [0.2, 0.25) is 0 Å². The van der Waals surface area contributed by atoms with Gasteiger partial charge in [-0.2, -0.15) is 0 Å². The number of benzene rings is 2. The predicted octanol–water partition coefficient (Wildman–Crippen LogP) is 3.18. The van der Waals surface area contributed by atoms with E-state index in [9.17, 15) is 15.2 Å². The highest BCUT2D eigenvalue weighted by Gasteiger charge is 2.17. The van der Waals surface area contributed by atoms with Crippen molar-refractivity contribution in [3.63, 3.8) is 0 Å². The molecule has 0 bridgehead atoms.